The van der Waals surface area contributed by atoms with Crippen molar-refractivity contribution in [2.45, 2.75) is 0 Å². The molecule has 10 heavy (non-hydrogen) atoms. The van der Waals surface area contributed by atoms with E-state index in [0.29, 0.717) is 0 Å². The number of rotatable bonds is 2. The van der Waals surface area contributed by atoms with Crippen LogP contribution >= 0.6 is 0 Å². The van der Waals surface area contributed by atoms with Crippen LogP contribution in [-0.2, 0) is 4.79 Å². The Morgan fingerprint density at radius 1 is 1.70 bits per heavy atom. The van der Waals surface area contributed by atoms with E-state index in [-0.39, 0.29) is 0 Å². The van der Waals surface area contributed by atoms with Crippen LogP contribution in [0.5, 0.6) is 0 Å². The Morgan fingerprint density at radius 2 is 2.50 bits per heavy atom. The van der Waals surface area contributed by atoms with E-state index < -0.39 is 5.97 Å². The van der Waals surface area contributed by atoms with Crippen LogP contribution < -0.4 is 0 Å². The van der Waals surface area contributed by atoms with Gasteiger partial charge in [-0.05, 0) is 18.2 Å². The molecule has 0 saturated carbocycles. The molecule has 52 valence electrons. The van der Waals surface area contributed by atoms with Crippen LogP contribution in [0.15, 0.2) is 24.4 Å². The maximum absolute atomic E-state index is 9.99. The highest BCUT2D eigenvalue weighted by Crippen LogP contribution is 1.95. The summed E-state index contributed by atoms with van der Waals surface area (Å²) in [5.74, 6) is -0.936. The highest BCUT2D eigenvalue weighted by molar-refractivity contribution is 5.84. The Labute approximate surface area is 58.0 Å². The molecule has 3 heteroatoms. The minimum Gasteiger partial charge on any atom is -0.478 e. The maximum Gasteiger partial charge on any atom is 0.328 e. The second-order valence-corrected chi connectivity index (χ2v) is 1.80. The lowest BCUT2D eigenvalue weighted by atomic mass is 10.4. The van der Waals surface area contributed by atoms with Gasteiger partial charge in [0.1, 0.15) is 0 Å². The van der Waals surface area contributed by atoms with Crippen LogP contribution in [0.1, 0.15) is 5.69 Å². The molecule has 0 amide bonds. The predicted octanol–water partition coefficient (Wildman–Crippen LogP) is 1.11. The number of carboxylic acids is 1. The first-order chi connectivity index (χ1) is 4.79. The SMILES string of the molecule is O=C(O)/C=C/c1ccc[nH]1. The zero-order chi connectivity index (χ0) is 7.40. The van der Waals surface area contributed by atoms with Crippen molar-refractivity contribution >= 4 is 12.0 Å². The average Bonchev–Trinajstić information content (AvgIpc) is 2.34. The third-order valence-corrected chi connectivity index (χ3v) is 1.03. The summed E-state index contributed by atoms with van der Waals surface area (Å²) in [7, 11) is 0. The van der Waals surface area contributed by atoms with E-state index in [4.69, 9.17) is 5.11 Å². The number of aliphatic carboxylic acids is 1. The zero-order valence-corrected chi connectivity index (χ0v) is 5.24. The molecule has 0 aromatic carbocycles. The molecule has 3 nitrogen and oxygen atoms in total. The second-order valence-electron chi connectivity index (χ2n) is 1.80. The molecular weight excluding hydrogens is 130 g/mol. The molecule has 0 spiro atoms. The molecule has 1 rings (SSSR count). The number of hydrogen-bond donors (Lipinski definition) is 2. The molecule has 0 unspecified atom stereocenters. The summed E-state index contributed by atoms with van der Waals surface area (Å²) in [6.07, 6.45) is 4.33. The number of aromatic nitrogens is 1. The van der Waals surface area contributed by atoms with Gasteiger partial charge in [-0.3, -0.25) is 0 Å². The molecule has 0 aliphatic heterocycles. The summed E-state index contributed by atoms with van der Waals surface area (Å²) in [6.45, 7) is 0. The lowest BCUT2D eigenvalue weighted by Crippen LogP contribution is -1.85. The molecule has 1 aromatic rings. The molecule has 0 saturated heterocycles. The molecular formula is C7H7NO2. The van der Waals surface area contributed by atoms with Gasteiger partial charge in [0.15, 0.2) is 0 Å². The van der Waals surface area contributed by atoms with Crippen molar-refractivity contribution in [2.24, 2.45) is 0 Å². The van der Waals surface area contributed by atoms with Crippen LogP contribution in [0.2, 0.25) is 0 Å². The van der Waals surface area contributed by atoms with Crippen LogP contribution in [0.3, 0.4) is 0 Å². The predicted molar refractivity (Wildman–Crippen MR) is 37.5 cm³/mol. The van der Waals surface area contributed by atoms with Gasteiger partial charge in [0.25, 0.3) is 0 Å². The first-order valence-electron chi connectivity index (χ1n) is 2.83. The first kappa shape index (κ1) is 6.61. The van der Waals surface area contributed by atoms with Gasteiger partial charge in [0, 0.05) is 18.0 Å². The lowest BCUT2D eigenvalue weighted by molar-refractivity contribution is -0.131. The van der Waals surface area contributed by atoms with Crippen LogP contribution in [0, 0.1) is 0 Å². The van der Waals surface area contributed by atoms with Gasteiger partial charge in [0.05, 0.1) is 0 Å². The van der Waals surface area contributed by atoms with Gasteiger partial charge >= 0.3 is 5.97 Å². The quantitative estimate of drug-likeness (QED) is 0.600. The van der Waals surface area contributed by atoms with Gasteiger partial charge in [-0.1, -0.05) is 0 Å². The van der Waals surface area contributed by atoms with E-state index in [1.165, 1.54) is 6.08 Å². The lowest BCUT2D eigenvalue weighted by Gasteiger charge is -1.80. The number of carbonyl (C=O) groups is 1. The Bertz CT molecular complexity index is 236. The molecule has 2 N–H and O–H groups in total. The molecule has 0 fully saturated rings. The van der Waals surface area contributed by atoms with E-state index in [1.54, 1.807) is 12.3 Å². The monoisotopic (exact) mass is 137 g/mol. The van der Waals surface area contributed by atoms with Crippen molar-refractivity contribution in [1.82, 2.24) is 4.98 Å². The minimum absolute atomic E-state index is 0.794. The van der Waals surface area contributed by atoms with E-state index in [2.05, 4.69) is 4.98 Å². The maximum atomic E-state index is 9.99. The van der Waals surface area contributed by atoms with Crippen LogP contribution in [0.25, 0.3) is 6.08 Å². The summed E-state index contributed by atoms with van der Waals surface area (Å²) in [6, 6.07) is 3.60. The third-order valence-electron chi connectivity index (χ3n) is 1.03. The Morgan fingerprint density at radius 3 is 3.00 bits per heavy atom. The minimum atomic E-state index is -0.936. The van der Waals surface area contributed by atoms with Gasteiger partial charge < -0.3 is 10.1 Å². The average molecular weight is 137 g/mol. The number of carboxylic acid groups (broad SMARTS) is 1. The smallest absolute Gasteiger partial charge is 0.328 e. The second kappa shape index (κ2) is 2.87. The van der Waals surface area contributed by atoms with Gasteiger partial charge in [0.2, 0.25) is 0 Å². The Hall–Kier alpha value is -1.51. The zero-order valence-electron chi connectivity index (χ0n) is 5.24. The standard InChI is InChI=1S/C7H7NO2/c9-7(10)4-3-6-2-1-5-8-6/h1-5,8H,(H,9,10)/b4-3+. The van der Waals surface area contributed by atoms with Crippen molar-refractivity contribution in [3.63, 3.8) is 0 Å². The molecule has 1 heterocycles. The Kier molecular flexibility index (Phi) is 1.89. The van der Waals surface area contributed by atoms with Crippen molar-refractivity contribution in [2.75, 3.05) is 0 Å². The number of aromatic amines is 1. The number of nitrogens with one attached hydrogen (secondary N) is 1. The highest BCUT2D eigenvalue weighted by Gasteiger charge is 1.86. The molecule has 0 radical (unpaired) electrons. The van der Waals surface area contributed by atoms with Crippen LogP contribution in [-0.4, -0.2) is 16.1 Å². The third kappa shape index (κ3) is 1.78. The largest absolute Gasteiger partial charge is 0.478 e. The molecule has 0 atom stereocenters. The molecule has 0 aliphatic rings. The fourth-order valence-electron chi connectivity index (χ4n) is 0.609. The fraction of sp³-hybridized carbons (Fsp3) is 0. The van der Waals surface area contributed by atoms with Crippen molar-refractivity contribution in [3.05, 3.63) is 30.1 Å². The normalized spacial score (nSPS) is 10.4. The number of hydrogen-bond acceptors (Lipinski definition) is 1. The van der Waals surface area contributed by atoms with Crippen molar-refractivity contribution in [1.29, 1.82) is 0 Å². The number of H-pyrrole nitrogens is 1. The molecule has 0 bridgehead atoms. The van der Waals surface area contributed by atoms with Gasteiger partial charge in [-0.15, -0.1) is 0 Å². The van der Waals surface area contributed by atoms with Crippen LogP contribution in [0.4, 0.5) is 0 Å². The highest BCUT2D eigenvalue weighted by atomic mass is 16.4. The molecule has 1 aromatic heterocycles. The first-order valence-corrected chi connectivity index (χ1v) is 2.83. The van der Waals surface area contributed by atoms with E-state index in [9.17, 15) is 4.79 Å². The summed E-state index contributed by atoms with van der Waals surface area (Å²) >= 11 is 0. The Balaban J connectivity index is 2.64. The fourth-order valence-corrected chi connectivity index (χ4v) is 0.609. The summed E-state index contributed by atoms with van der Waals surface area (Å²) in [4.78, 5) is 12.8. The van der Waals surface area contributed by atoms with Gasteiger partial charge in [-0.2, -0.15) is 0 Å². The van der Waals surface area contributed by atoms with E-state index in [0.717, 1.165) is 11.8 Å². The van der Waals surface area contributed by atoms with E-state index in [1.807, 2.05) is 6.07 Å². The molecule has 0 aliphatic carbocycles. The van der Waals surface area contributed by atoms with Gasteiger partial charge in [-0.25, -0.2) is 4.79 Å². The topological polar surface area (TPSA) is 53.1 Å². The van der Waals surface area contributed by atoms with E-state index >= 15 is 0 Å². The van der Waals surface area contributed by atoms with Crippen molar-refractivity contribution in [3.8, 4) is 0 Å². The van der Waals surface area contributed by atoms with Crippen molar-refractivity contribution < 1.29 is 9.90 Å². The summed E-state index contributed by atoms with van der Waals surface area (Å²) < 4.78 is 0. The summed E-state index contributed by atoms with van der Waals surface area (Å²) in [5.41, 5.74) is 0.794. The summed E-state index contributed by atoms with van der Waals surface area (Å²) in [5, 5.41) is 8.21.